The molecule has 1 amide bonds. The number of amides is 1. The molecule has 5 heteroatoms. The van der Waals surface area contributed by atoms with Gasteiger partial charge in [0.1, 0.15) is 5.75 Å². The average molecular weight is 343 g/mol. The molecule has 1 aliphatic heterocycles. The number of carbonyl (C=O) groups excluding carboxylic acids is 1. The van der Waals surface area contributed by atoms with E-state index in [9.17, 15) is 4.79 Å². The number of nitrogens with zero attached hydrogens (tertiary/aromatic N) is 1. The lowest BCUT2D eigenvalue weighted by molar-refractivity contribution is -0.635. The molecule has 1 aromatic heterocycles. The highest BCUT2D eigenvalue weighted by Gasteiger charge is 2.33. The molecule has 0 fully saturated rings. The van der Waals surface area contributed by atoms with Gasteiger partial charge in [-0.1, -0.05) is 18.7 Å². The van der Waals surface area contributed by atoms with E-state index >= 15 is 0 Å². The van der Waals surface area contributed by atoms with E-state index in [1.807, 2.05) is 28.4 Å². The summed E-state index contributed by atoms with van der Waals surface area (Å²) in [5.41, 5.74) is 2.39. The lowest BCUT2D eigenvalue weighted by Crippen LogP contribution is -2.86. The molecule has 0 aliphatic carbocycles. The fourth-order valence-corrected chi connectivity index (χ4v) is 4.08. The summed E-state index contributed by atoms with van der Waals surface area (Å²) in [6.45, 7) is 5.69. The van der Waals surface area contributed by atoms with Gasteiger partial charge in [0, 0.05) is 11.4 Å². The van der Waals surface area contributed by atoms with Crippen LogP contribution in [0.25, 0.3) is 0 Å². The molecule has 2 heterocycles. The Hall–Kier alpha value is -2.11. The van der Waals surface area contributed by atoms with Gasteiger partial charge in [0.05, 0.1) is 19.7 Å². The number of rotatable bonds is 6. The van der Waals surface area contributed by atoms with Crippen molar-refractivity contribution in [3.05, 3.63) is 64.4 Å². The Morgan fingerprint density at radius 3 is 2.92 bits per heavy atom. The molecule has 0 unspecified atom stereocenters. The first kappa shape index (κ1) is 16.7. The summed E-state index contributed by atoms with van der Waals surface area (Å²) in [5.74, 6) is 1.01. The van der Waals surface area contributed by atoms with Gasteiger partial charge >= 0.3 is 0 Å². The molecule has 0 saturated heterocycles. The molecule has 0 spiro atoms. The standard InChI is InChI=1S/C19H22N2O2S/c1-3-10-20-13-18(22)21-11-8-17-16(9-12-24-17)19(21)14-4-6-15(23-2)7-5-14/h3-7,9,12,19-20H,1,8,10-11,13H2,2H3/p+1/t19-/m1/s1. The lowest BCUT2D eigenvalue weighted by Gasteiger charge is -2.36. The Balaban J connectivity index is 1.89. The molecule has 24 heavy (non-hydrogen) atoms. The zero-order valence-electron chi connectivity index (χ0n) is 13.9. The lowest BCUT2D eigenvalue weighted by atomic mass is 9.93. The van der Waals surface area contributed by atoms with Gasteiger partial charge in [0.2, 0.25) is 0 Å². The van der Waals surface area contributed by atoms with Crippen molar-refractivity contribution in [1.82, 2.24) is 4.90 Å². The van der Waals surface area contributed by atoms with Gasteiger partial charge in [-0.05, 0) is 47.2 Å². The third-order valence-electron chi connectivity index (χ3n) is 4.37. The Kier molecular flexibility index (Phi) is 5.33. The SMILES string of the molecule is C=CC[NH2+]CC(=O)N1CCc2sccc2[C@H]1c1ccc(OC)cc1. The summed E-state index contributed by atoms with van der Waals surface area (Å²) < 4.78 is 5.26. The van der Waals surface area contributed by atoms with E-state index in [2.05, 4.69) is 30.2 Å². The van der Waals surface area contributed by atoms with E-state index in [1.165, 1.54) is 10.4 Å². The number of hydrogen-bond acceptors (Lipinski definition) is 3. The van der Waals surface area contributed by atoms with Crippen molar-refractivity contribution in [2.75, 3.05) is 26.7 Å². The molecular formula is C19H23N2O2S+. The molecule has 1 aliphatic rings. The fraction of sp³-hybridized carbons (Fsp3) is 0.316. The van der Waals surface area contributed by atoms with Gasteiger partial charge in [-0.25, -0.2) is 0 Å². The molecule has 2 N–H and O–H groups in total. The van der Waals surface area contributed by atoms with E-state index in [0.717, 1.165) is 30.8 Å². The highest BCUT2D eigenvalue weighted by molar-refractivity contribution is 7.10. The summed E-state index contributed by atoms with van der Waals surface area (Å²) in [6.07, 6.45) is 2.76. The van der Waals surface area contributed by atoms with Crippen molar-refractivity contribution < 1.29 is 14.8 Å². The van der Waals surface area contributed by atoms with Crippen molar-refractivity contribution >= 4 is 17.2 Å². The van der Waals surface area contributed by atoms with E-state index in [4.69, 9.17) is 4.74 Å². The monoisotopic (exact) mass is 343 g/mol. The minimum atomic E-state index is -0.00413. The van der Waals surface area contributed by atoms with E-state index in [-0.39, 0.29) is 11.9 Å². The fourth-order valence-electron chi connectivity index (χ4n) is 3.17. The maximum absolute atomic E-state index is 12.8. The van der Waals surface area contributed by atoms with Crippen LogP contribution in [0.2, 0.25) is 0 Å². The number of nitrogens with two attached hydrogens (primary N) is 1. The number of hydrogen-bond donors (Lipinski definition) is 1. The number of benzene rings is 1. The van der Waals surface area contributed by atoms with Crippen LogP contribution in [0.5, 0.6) is 5.75 Å². The number of fused-ring (bicyclic) bond motifs is 1. The molecule has 126 valence electrons. The Morgan fingerprint density at radius 1 is 1.42 bits per heavy atom. The maximum atomic E-state index is 12.8. The first-order valence-corrected chi connectivity index (χ1v) is 9.04. The predicted octanol–water partition coefficient (Wildman–Crippen LogP) is 1.98. The highest BCUT2D eigenvalue weighted by atomic mass is 32.1. The Bertz CT molecular complexity index is 708. The Labute approximate surface area is 146 Å². The summed E-state index contributed by atoms with van der Waals surface area (Å²) in [6, 6.07) is 10.2. The van der Waals surface area contributed by atoms with Crippen LogP contribution in [0.4, 0.5) is 0 Å². The van der Waals surface area contributed by atoms with Crippen LogP contribution in [0.1, 0.15) is 22.0 Å². The van der Waals surface area contributed by atoms with Crippen molar-refractivity contribution in [2.45, 2.75) is 12.5 Å². The van der Waals surface area contributed by atoms with E-state index < -0.39 is 0 Å². The summed E-state index contributed by atoms with van der Waals surface area (Å²) in [5, 5.41) is 4.11. The average Bonchev–Trinajstić information content (AvgIpc) is 3.10. The number of thiophene rings is 1. The van der Waals surface area contributed by atoms with Gasteiger partial charge in [0.25, 0.3) is 5.91 Å². The first-order valence-electron chi connectivity index (χ1n) is 8.17. The zero-order chi connectivity index (χ0) is 16.9. The maximum Gasteiger partial charge on any atom is 0.278 e. The minimum Gasteiger partial charge on any atom is -0.497 e. The van der Waals surface area contributed by atoms with Gasteiger partial charge in [-0.3, -0.25) is 4.79 Å². The molecule has 1 atom stereocenters. The minimum absolute atomic E-state index is 0.00413. The van der Waals surface area contributed by atoms with Crippen molar-refractivity contribution in [2.24, 2.45) is 0 Å². The van der Waals surface area contributed by atoms with Crippen LogP contribution >= 0.6 is 11.3 Å². The molecule has 0 radical (unpaired) electrons. The van der Waals surface area contributed by atoms with Gasteiger partial charge < -0.3 is 15.0 Å². The van der Waals surface area contributed by atoms with Crippen LogP contribution in [0.3, 0.4) is 0 Å². The normalized spacial score (nSPS) is 16.5. The largest absolute Gasteiger partial charge is 0.497 e. The quantitative estimate of drug-likeness (QED) is 0.644. The molecule has 1 aromatic carbocycles. The molecule has 0 bridgehead atoms. The van der Waals surface area contributed by atoms with Crippen LogP contribution < -0.4 is 10.1 Å². The van der Waals surface area contributed by atoms with Crippen LogP contribution in [0, 0.1) is 0 Å². The number of quaternary nitrogens is 1. The molecular weight excluding hydrogens is 320 g/mol. The molecule has 4 nitrogen and oxygen atoms in total. The van der Waals surface area contributed by atoms with E-state index in [0.29, 0.717) is 6.54 Å². The second-order valence-corrected chi connectivity index (χ2v) is 6.83. The highest BCUT2D eigenvalue weighted by Crippen LogP contribution is 2.38. The van der Waals surface area contributed by atoms with Gasteiger partial charge in [-0.15, -0.1) is 11.3 Å². The van der Waals surface area contributed by atoms with Gasteiger partial charge in [-0.2, -0.15) is 0 Å². The number of ether oxygens (including phenoxy) is 1. The van der Waals surface area contributed by atoms with Crippen LogP contribution in [0.15, 0.2) is 48.4 Å². The van der Waals surface area contributed by atoms with Crippen molar-refractivity contribution in [1.29, 1.82) is 0 Å². The zero-order valence-corrected chi connectivity index (χ0v) is 14.7. The van der Waals surface area contributed by atoms with Crippen LogP contribution in [-0.2, 0) is 11.2 Å². The first-order chi connectivity index (χ1) is 11.7. The summed E-state index contributed by atoms with van der Waals surface area (Å²) >= 11 is 1.78. The molecule has 2 aromatic rings. The smallest absolute Gasteiger partial charge is 0.278 e. The van der Waals surface area contributed by atoms with E-state index in [1.54, 1.807) is 18.4 Å². The van der Waals surface area contributed by atoms with Crippen molar-refractivity contribution in [3.63, 3.8) is 0 Å². The van der Waals surface area contributed by atoms with Gasteiger partial charge in [0.15, 0.2) is 6.54 Å². The number of carbonyl (C=O) groups is 1. The second-order valence-electron chi connectivity index (χ2n) is 5.83. The third kappa shape index (κ3) is 3.37. The molecule has 0 saturated carbocycles. The molecule has 3 rings (SSSR count). The second kappa shape index (κ2) is 7.64. The topological polar surface area (TPSA) is 46.2 Å². The Morgan fingerprint density at radius 2 is 2.21 bits per heavy atom. The van der Waals surface area contributed by atoms with Crippen LogP contribution in [-0.4, -0.2) is 37.6 Å². The van der Waals surface area contributed by atoms with Crippen molar-refractivity contribution in [3.8, 4) is 5.75 Å². The third-order valence-corrected chi connectivity index (χ3v) is 5.37. The predicted molar refractivity (Wildman–Crippen MR) is 96.4 cm³/mol. The summed E-state index contributed by atoms with van der Waals surface area (Å²) in [7, 11) is 1.66. The number of methoxy groups -OCH3 is 1. The summed E-state index contributed by atoms with van der Waals surface area (Å²) in [4.78, 5) is 16.1.